The van der Waals surface area contributed by atoms with E-state index in [9.17, 15) is 16.4 Å². The topological polar surface area (TPSA) is 3.24 Å². The average Bonchev–Trinajstić information content (AvgIpc) is 3.77. The normalized spacial score (nSPS) is 14.3. The van der Waals surface area contributed by atoms with Crippen LogP contribution in [0.5, 0.6) is 0 Å². The molecule has 11 aromatic rings. The quantitative estimate of drug-likeness (QED) is 0.156. The highest BCUT2D eigenvalue weighted by Gasteiger charge is 2.16. The molecule has 0 bridgehead atoms. The molecular formula is C56H37NS. The molecule has 10 aromatic carbocycles. The van der Waals surface area contributed by atoms with Gasteiger partial charge < -0.3 is 4.90 Å². The van der Waals surface area contributed by atoms with Gasteiger partial charge in [-0.2, -0.15) is 0 Å². The fraction of sp³-hybridized carbons (Fsp3) is 0. The van der Waals surface area contributed by atoms with Crippen LogP contribution in [0, 0.1) is 0 Å². The Balaban J connectivity index is 1.17. The molecule has 0 radical (unpaired) electrons. The number of fused-ring (bicyclic) bond motifs is 5. The second-order valence-corrected chi connectivity index (χ2v) is 15.0. The van der Waals surface area contributed by atoms with Gasteiger partial charge in [-0.25, -0.2) is 0 Å². The summed E-state index contributed by atoms with van der Waals surface area (Å²) in [7, 11) is 0. The zero-order valence-electron chi connectivity index (χ0n) is 42.8. The maximum atomic E-state index is 9.70. The van der Waals surface area contributed by atoms with Gasteiger partial charge in [0.1, 0.15) is 0 Å². The lowest BCUT2D eigenvalue weighted by Gasteiger charge is -2.26. The Labute approximate surface area is 359 Å². The number of hydrogen-bond donors (Lipinski definition) is 0. The first-order valence-corrected chi connectivity index (χ1v) is 19.7. The average molecular weight is 768 g/mol. The van der Waals surface area contributed by atoms with Gasteiger partial charge in [0.2, 0.25) is 0 Å². The van der Waals surface area contributed by atoms with Crippen molar-refractivity contribution in [1.82, 2.24) is 0 Å². The van der Waals surface area contributed by atoms with E-state index in [1.54, 1.807) is 48.5 Å². The maximum absolute atomic E-state index is 9.70. The lowest BCUT2D eigenvalue weighted by molar-refractivity contribution is 1.28. The van der Waals surface area contributed by atoms with Crippen LogP contribution in [0.25, 0.3) is 86.2 Å². The van der Waals surface area contributed by atoms with Gasteiger partial charge in [-0.15, -0.1) is 11.3 Å². The van der Waals surface area contributed by atoms with E-state index in [1.165, 1.54) is 11.3 Å². The van der Waals surface area contributed by atoms with Gasteiger partial charge in [0.15, 0.2) is 0 Å². The molecule has 0 aliphatic heterocycles. The second-order valence-electron chi connectivity index (χ2n) is 14.0. The number of hydrogen-bond acceptors (Lipinski definition) is 2. The summed E-state index contributed by atoms with van der Waals surface area (Å²) in [4.78, 5) is 0.869. The molecule has 0 aliphatic rings. The lowest BCUT2D eigenvalue weighted by Crippen LogP contribution is -2.09. The smallest absolute Gasteiger partial charge is 0.0645 e. The highest BCUT2D eigenvalue weighted by molar-refractivity contribution is 7.26. The monoisotopic (exact) mass is 767 g/mol. The van der Waals surface area contributed by atoms with Crippen molar-refractivity contribution in [2.45, 2.75) is 0 Å². The zero-order valence-corrected chi connectivity index (χ0v) is 31.6. The lowest BCUT2D eigenvalue weighted by atomic mass is 9.97. The van der Waals surface area contributed by atoms with E-state index in [-0.39, 0.29) is 16.7 Å². The van der Waals surface area contributed by atoms with Gasteiger partial charge in [-0.3, -0.25) is 0 Å². The Morgan fingerprint density at radius 2 is 0.828 bits per heavy atom. The minimum atomic E-state index is -0.668. The van der Waals surface area contributed by atoms with Crippen LogP contribution in [0.1, 0.15) is 16.4 Å². The molecule has 2 heteroatoms. The Hall–Kier alpha value is -7.26. The van der Waals surface area contributed by atoms with E-state index in [0.29, 0.717) is 22.1 Å². The fourth-order valence-electron chi connectivity index (χ4n) is 7.61. The molecule has 272 valence electrons. The van der Waals surface area contributed by atoms with Crippen molar-refractivity contribution in [2.75, 3.05) is 4.90 Å². The molecular weight excluding hydrogens is 719 g/mol. The molecule has 0 saturated carbocycles. The van der Waals surface area contributed by atoms with E-state index in [0.717, 1.165) is 52.4 Å². The number of rotatable bonds is 7. The van der Waals surface area contributed by atoms with Crippen molar-refractivity contribution in [2.24, 2.45) is 0 Å². The molecule has 0 fully saturated rings. The number of benzene rings is 10. The van der Waals surface area contributed by atoms with Crippen molar-refractivity contribution in [3.05, 3.63) is 224 Å². The van der Waals surface area contributed by atoms with Gasteiger partial charge >= 0.3 is 0 Å². The SMILES string of the molecule is [2H]c1c([2H])c(N(c2c([2H])c([2H])c(-c3cccc4ccccc34)c([2H])c2[2H])c2c([2H])c([2H])c(-c3cccc4c3sc3ccccc34)c([2H])c2[2H])c([2H])c([2H])c1-c1cccc(-c2ccc3ccccc3c2)c1. The Morgan fingerprint density at radius 3 is 1.57 bits per heavy atom. The Kier molecular flexibility index (Phi) is 5.87. The molecule has 0 unspecified atom stereocenters. The third-order valence-corrected chi connectivity index (χ3v) is 11.7. The molecule has 11 rings (SSSR count). The van der Waals surface area contributed by atoms with Gasteiger partial charge in [0.05, 0.1) is 16.4 Å². The van der Waals surface area contributed by atoms with Crippen LogP contribution in [-0.4, -0.2) is 0 Å². The summed E-state index contributed by atoms with van der Waals surface area (Å²) in [5, 5.41) is 5.35. The van der Waals surface area contributed by atoms with Crippen LogP contribution in [0.3, 0.4) is 0 Å². The Morgan fingerprint density at radius 1 is 0.328 bits per heavy atom. The molecule has 1 aromatic heterocycles. The van der Waals surface area contributed by atoms with Crippen molar-refractivity contribution in [3.63, 3.8) is 0 Å². The number of anilines is 3. The van der Waals surface area contributed by atoms with Gasteiger partial charge in [-0.1, -0.05) is 170 Å². The van der Waals surface area contributed by atoms with E-state index >= 15 is 0 Å². The first kappa shape index (κ1) is 23.7. The van der Waals surface area contributed by atoms with Gasteiger partial charge in [0.25, 0.3) is 0 Å². The molecule has 1 nitrogen and oxygen atoms in total. The van der Waals surface area contributed by atoms with Crippen molar-refractivity contribution in [3.8, 4) is 44.5 Å². The standard InChI is InChI=1S/C56H37NS/c1-2-12-43-37-46(23-22-38(43)10-1)45-15-7-14-44(36-45)39-24-30-47(31-25-39)57(48-32-26-41(27-33-48)51-18-8-13-40-11-3-4-16-50(40)51)49-34-28-42(29-35-49)52-19-9-20-54-53-17-5-6-21-55(53)58-56(52)54/h1-37H/i24D,25D,26D,27D,28D,29D,30D,31D,32D,33D,34D,35D. The van der Waals surface area contributed by atoms with Crippen molar-refractivity contribution in [1.29, 1.82) is 0 Å². The summed E-state index contributed by atoms with van der Waals surface area (Å²) < 4.78 is 117. The van der Waals surface area contributed by atoms with E-state index in [1.807, 2.05) is 103 Å². The molecule has 0 atom stereocenters. The third kappa shape index (κ3) is 6.12. The largest absolute Gasteiger partial charge is 0.311 e. The summed E-state index contributed by atoms with van der Waals surface area (Å²) in [5.41, 5.74) is 0.994. The summed E-state index contributed by atoms with van der Waals surface area (Å²) in [6, 6.07) is 39.9. The molecule has 0 saturated heterocycles. The minimum absolute atomic E-state index is 0.0251. The highest BCUT2D eigenvalue weighted by Crippen LogP contribution is 2.42. The second kappa shape index (κ2) is 14.4. The van der Waals surface area contributed by atoms with Crippen LogP contribution < -0.4 is 4.90 Å². The van der Waals surface area contributed by atoms with Gasteiger partial charge in [0, 0.05) is 37.2 Å². The maximum Gasteiger partial charge on any atom is 0.0645 e. The zero-order chi connectivity index (χ0) is 48.9. The highest BCUT2D eigenvalue weighted by atomic mass is 32.1. The van der Waals surface area contributed by atoms with Crippen LogP contribution in [0.2, 0.25) is 0 Å². The molecule has 0 N–H and O–H groups in total. The molecule has 0 spiro atoms. The number of nitrogens with zero attached hydrogens (tertiary/aromatic N) is 1. The first-order valence-electron chi connectivity index (χ1n) is 24.9. The third-order valence-electron chi connectivity index (χ3n) is 10.5. The van der Waals surface area contributed by atoms with Crippen LogP contribution in [0.15, 0.2) is 224 Å². The fourth-order valence-corrected chi connectivity index (χ4v) is 8.84. The predicted octanol–water partition coefficient (Wildman–Crippen LogP) is 16.5. The summed E-state index contributed by atoms with van der Waals surface area (Å²) >= 11 is 1.45. The minimum Gasteiger partial charge on any atom is -0.311 e. The molecule has 0 amide bonds. The van der Waals surface area contributed by atoms with E-state index in [2.05, 4.69) is 0 Å². The Bertz CT molecular complexity index is 3920. The summed E-state index contributed by atoms with van der Waals surface area (Å²) in [6.45, 7) is 0. The van der Waals surface area contributed by atoms with Crippen LogP contribution in [0.4, 0.5) is 17.1 Å². The van der Waals surface area contributed by atoms with E-state index in [4.69, 9.17) is 0 Å². The van der Waals surface area contributed by atoms with Crippen LogP contribution >= 0.6 is 11.3 Å². The number of thiophene rings is 1. The van der Waals surface area contributed by atoms with Crippen molar-refractivity contribution >= 4 is 70.1 Å². The summed E-state index contributed by atoms with van der Waals surface area (Å²) in [6.07, 6.45) is 0. The molecule has 58 heavy (non-hydrogen) atoms. The van der Waals surface area contributed by atoms with E-state index < -0.39 is 89.6 Å². The van der Waals surface area contributed by atoms with Crippen LogP contribution in [-0.2, 0) is 0 Å². The predicted molar refractivity (Wildman–Crippen MR) is 251 cm³/mol. The molecule has 0 aliphatic carbocycles. The molecule has 1 heterocycles. The van der Waals surface area contributed by atoms with Crippen molar-refractivity contribution < 1.29 is 16.4 Å². The summed E-state index contributed by atoms with van der Waals surface area (Å²) in [5.74, 6) is 0. The van der Waals surface area contributed by atoms with Gasteiger partial charge in [-0.05, 0) is 121 Å². The first-order chi connectivity index (χ1) is 33.8.